The van der Waals surface area contributed by atoms with E-state index in [1.54, 1.807) is 0 Å². The van der Waals surface area contributed by atoms with E-state index in [0.717, 1.165) is 22.7 Å². The fourth-order valence-electron chi connectivity index (χ4n) is 8.23. The molecule has 0 fully saturated rings. The molecule has 0 aliphatic carbocycles. The van der Waals surface area contributed by atoms with Crippen molar-refractivity contribution in [1.29, 1.82) is 0 Å². The van der Waals surface area contributed by atoms with E-state index in [1.807, 2.05) is 0 Å². The van der Waals surface area contributed by atoms with E-state index in [0.29, 0.717) is 0 Å². The molecule has 274 valence electrons. The van der Waals surface area contributed by atoms with Gasteiger partial charge in [0.25, 0.3) is 0 Å². The summed E-state index contributed by atoms with van der Waals surface area (Å²) in [4.78, 5) is 5.00. The Morgan fingerprint density at radius 2 is 0.571 bits per heavy atom. The van der Waals surface area contributed by atoms with Gasteiger partial charge in [0, 0.05) is 44.3 Å². The van der Waals surface area contributed by atoms with Crippen LogP contribution in [0.1, 0.15) is 0 Å². The molecule has 56 heavy (non-hydrogen) atoms. The van der Waals surface area contributed by atoms with Crippen LogP contribution in [0, 0.1) is 0 Å². The van der Waals surface area contributed by atoms with E-state index in [-0.39, 0.29) is 0 Å². The molecule has 0 heterocycles. The third-order valence-electron chi connectivity index (χ3n) is 11.3. The van der Waals surface area contributed by atoms with Gasteiger partial charge < -0.3 is 9.80 Å². The SMILES string of the molecule is C[Si](C)(C)c1ccc(N(c2ccc3ccccc3c2)c2c3ccccc3c(N(c3ccc([Si](C)(C)C)cc3)c3ccc4ccccc4c3)c3ccccc23)cc1. The van der Waals surface area contributed by atoms with E-state index in [9.17, 15) is 0 Å². The summed E-state index contributed by atoms with van der Waals surface area (Å²) < 4.78 is 0. The molecule has 0 unspecified atom stereocenters. The Hall–Kier alpha value is -5.95. The van der Waals surface area contributed by atoms with Crippen molar-refractivity contribution in [2.45, 2.75) is 39.3 Å². The summed E-state index contributed by atoms with van der Waals surface area (Å²) in [6.45, 7) is 14.5. The number of hydrogen-bond donors (Lipinski definition) is 0. The van der Waals surface area contributed by atoms with Gasteiger partial charge in [-0.25, -0.2) is 0 Å². The van der Waals surface area contributed by atoms with Crippen LogP contribution < -0.4 is 20.2 Å². The van der Waals surface area contributed by atoms with Crippen LogP contribution in [0.5, 0.6) is 0 Å². The van der Waals surface area contributed by atoms with Crippen LogP contribution >= 0.6 is 0 Å². The summed E-state index contributed by atoms with van der Waals surface area (Å²) in [5, 5.41) is 12.6. The van der Waals surface area contributed by atoms with Crippen molar-refractivity contribution in [3.05, 3.63) is 182 Å². The monoisotopic (exact) mass is 756 g/mol. The second kappa shape index (κ2) is 14.0. The van der Waals surface area contributed by atoms with E-state index in [1.165, 1.54) is 64.8 Å². The smallest absolute Gasteiger partial charge is 0.0775 e. The first-order chi connectivity index (χ1) is 27.0. The number of anilines is 6. The van der Waals surface area contributed by atoms with Gasteiger partial charge in [0.05, 0.1) is 27.5 Å². The molecular weight excluding hydrogens is 709 g/mol. The minimum atomic E-state index is -1.51. The molecule has 0 saturated heterocycles. The van der Waals surface area contributed by atoms with Crippen molar-refractivity contribution in [2.75, 3.05) is 9.80 Å². The van der Waals surface area contributed by atoms with Crippen LogP contribution in [0.15, 0.2) is 182 Å². The molecule has 0 amide bonds. The maximum atomic E-state index is 2.50. The van der Waals surface area contributed by atoms with Gasteiger partial charge >= 0.3 is 0 Å². The van der Waals surface area contributed by atoms with Gasteiger partial charge in [0.15, 0.2) is 0 Å². The predicted molar refractivity (Wildman–Crippen MR) is 252 cm³/mol. The Labute approximate surface area is 333 Å². The Bertz CT molecular complexity index is 2630. The second-order valence-electron chi connectivity index (χ2n) is 17.1. The van der Waals surface area contributed by atoms with Crippen molar-refractivity contribution < 1.29 is 0 Å². The third-order valence-corrected chi connectivity index (χ3v) is 15.4. The van der Waals surface area contributed by atoms with Crippen molar-refractivity contribution in [3.63, 3.8) is 0 Å². The molecule has 2 nitrogen and oxygen atoms in total. The molecule has 4 heteroatoms. The van der Waals surface area contributed by atoms with Gasteiger partial charge in [0.2, 0.25) is 0 Å². The molecule has 0 atom stereocenters. The number of nitrogens with zero attached hydrogens (tertiary/aromatic N) is 2. The topological polar surface area (TPSA) is 6.48 Å². The minimum Gasteiger partial charge on any atom is -0.309 e. The lowest BCUT2D eigenvalue weighted by Gasteiger charge is -2.33. The standard InChI is InChI=1S/C52H48N2Si2/c1-55(2,3)45-31-27-41(28-32-45)53(43-25-23-37-15-7-9-17-39(37)35-43)51-47-19-11-13-21-49(47)52(50-22-14-12-20-48(50)51)54(42-29-33-46(34-30-42)56(4,5)6)44-26-24-38-16-8-10-18-40(38)36-44/h7-36H,1-6H3. The first kappa shape index (κ1) is 35.7. The van der Waals surface area contributed by atoms with Gasteiger partial charge in [-0.2, -0.15) is 0 Å². The lowest BCUT2D eigenvalue weighted by molar-refractivity contribution is 1.30. The van der Waals surface area contributed by atoms with Crippen LogP contribution in [-0.2, 0) is 0 Å². The first-order valence-corrected chi connectivity index (χ1v) is 26.8. The van der Waals surface area contributed by atoms with Crippen LogP contribution in [0.4, 0.5) is 34.1 Å². The first-order valence-electron chi connectivity index (χ1n) is 19.8. The Kier molecular flexibility index (Phi) is 8.91. The zero-order chi connectivity index (χ0) is 38.6. The zero-order valence-electron chi connectivity index (χ0n) is 33.2. The normalized spacial score (nSPS) is 12.1. The molecular formula is C52H48N2Si2. The second-order valence-corrected chi connectivity index (χ2v) is 27.3. The average molecular weight is 757 g/mol. The molecule has 0 aliphatic heterocycles. The maximum absolute atomic E-state index is 2.50. The number of benzene rings is 9. The summed E-state index contributed by atoms with van der Waals surface area (Å²) >= 11 is 0. The van der Waals surface area contributed by atoms with Gasteiger partial charge in [-0.15, -0.1) is 0 Å². The molecule has 9 rings (SSSR count). The largest absolute Gasteiger partial charge is 0.309 e. The fraction of sp³-hybridized carbons (Fsp3) is 0.115. The number of hydrogen-bond acceptors (Lipinski definition) is 2. The Morgan fingerprint density at radius 1 is 0.286 bits per heavy atom. The molecule has 9 aromatic rings. The molecule has 0 radical (unpaired) electrons. The van der Waals surface area contributed by atoms with E-state index in [2.05, 4.69) is 231 Å². The fourth-order valence-corrected chi connectivity index (χ4v) is 10.6. The Morgan fingerprint density at radius 3 is 0.893 bits per heavy atom. The lowest BCUT2D eigenvalue weighted by Crippen LogP contribution is -2.37. The zero-order valence-corrected chi connectivity index (χ0v) is 35.2. The van der Waals surface area contributed by atoms with Gasteiger partial charge in [-0.1, -0.05) is 183 Å². The summed E-state index contributed by atoms with van der Waals surface area (Å²) in [6.07, 6.45) is 0. The molecule has 0 saturated carbocycles. The van der Waals surface area contributed by atoms with Crippen LogP contribution in [0.25, 0.3) is 43.1 Å². The third kappa shape index (κ3) is 6.49. The summed E-state index contributed by atoms with van der Waals surface area (Å²) in [5.74, 6) is 0. The maximum Gasteiger partial charge on any atom is 0.0775 e. The van der Waals surface area contributed by atoms with Gasteiger partial charge in [0.1, 0.15) is 0 Å². The highest BCUT2D eigenvalue weighted by Gasteiger charge is 2.27. The molecule has 0 bridgehead atoms. The van der Waals surface area contributed by atoms with Crippen molar-refractivity contribution in [1.82, 2.24) is 0 Å². The van der Waals surface area contributed by atoms with E-state index >= 15 is 0 Å². The summed E-state index contributed by atoms with van der Waals surface area (Å²) in [7, 11) is -3.02. The van der Waals surface area contributed by atoms with Crippen LogP contribution in [0.3, 0.4) is 0 Å². The predicted octanol–water partition coefficient (Wildman–Crippen LogP) is 14.3. The van der Waals surface area contributed by atoms with Crippen molar-refractivity contribution >= 4 is 104 Å². The van der Waals surface area contributed by atoms with Gasteiger partial charge in [-0.3, -0.25) is 0 Å². The van der Waals surface area contributed by atoms with Crippen molar-refractivity contribution in [2.24, 2.45) is 0 Å². The highest BCUT2D eigenvalue weighted by atomic mass is 28.3. The van der Waals surface area contributed by atoms with E-state index < -0.39 is 16.1 Å². The van der Waals surface area contributed by atoms with Crippen molar-refractivity contribution in [3.8, 4) is 0 Å². The molecule has 0 N–H and O–H groups in total. The summed E-state index contributed by atoms with van der Waals surface area (Å²) in [6, 6.07) is 68.0. The van der Waals surface area contributed by atoms with Crippen LogP contribution in [-0.4, -0.2) is 16.1 Å². The molecule has 0 aromatic heterocycles. The molecule has 9 aromatic carbocycles. The summed E-state index contributed by atoms with van der Waals surface area (Å²) in [5.41, 5.74) is 6.95. The van der Waals surface area contributed by atoms with E-state index in [4.69, 9.17) is 0 Å². The highest BCUT2D eigenvalue weighted by Crippen LogP contribution is 2.51. The van der Waals surface area contributed by atoms with Crippen LogP contribution in [0.2, 0.25) is 39.3 Å². The number of rotatable bonds is 8. The average Bonchev–Trinajstić information content (AvgIpc) is 3.21. The molecule has 0 spiro atoms. The Balaban J connectivity index is 1.36. The quantitative estimate of drug-likeness (QED) is 0.0865. The lowest BCUT2D eigenvalue weighted by atomic mass is 9.95. The minimum absolute atomic E-state index is 1.14. The highest BCUT2D eigenvalue weighted by molar-refractivity contribution is 6.89. The van der Waals surface area contributed by atoms with Gasteiger partial charge in [-0.05, 0) is 70.1 Å². The molecule has 0 aliphatic rings. The number of fused-ring (bicyclic) bond motifs is 4.